The van der Waals surface area contributed by atoms with Crippen LogP contribution in [0.25, 0.3) is 0 Å². The molecular weight excluding hydrogens is 426 g/mol. The fourth-order valence-corrected chi connectivity index (χ4v) is 4.97. The molecule has 0 aromatic heterocycles. The Kier molecular flexibility index (Phi) is 7.90. The van der Waals surface area contributed by atoms with Crippen molar-refractivity contribution in [2.45, 2.75) is 45.3 Å². The van der Waals surface area contributed by atoms with Crippen molar-refractivity contribution in [2.75, 3.05) is 24.6 Å². The summed E-state index contributed by atoms with van der Waals surface area (Å²) in [5.41, 5.74) is -0.689. The van der Waals surface area contributed by atoms with Crippen LogP contribution in [0.2, 0.25) is 0 Å². The van der Waals surface area contributed by atoms with Crippen molar-refractivity contribution in [1.82, 2.24) is 15.1 Å². The van der Waals surface area contributed by atoms with Gasteiger partial charge in [0.1, 0.15) is 20.3 Å². The van der Waals surface area contributed by atoms with Gasteiger partial charge in [-0.2, -0.15) is 0 Å². The normalized spacial score (nSPS) is 18.6. The van der Waals surface area contributed by atoms with Crippen LogP contribution in [0.5, 0.6) is 0 Å². The molecule has 0 radical (unpaired) electrons. The average molecular weight is 450 g/mol. The first-order chi connectivity index (χ1) is 12.6. The van der Waals surface area contributed by atoms with Gasteiger partial charge in [0.25, 0.3) is 5.91 Å². The van der Waals surface area contributed by atoms with Gasteiger partial charge in [0, 0.05) is 31.0 Å². The van der Waals surface area contributed by atoms with Crippen molar-refractivity contribution >= 4 is 74.5 Å². The van der Waals surface area contributed by atoms with Crippen LogP contribution in [0.15, 0.2) is 0 Å². The molecule has 0 saturated carbocycles. The number of thiocarbonyl (C=S) groups is 2. The summed E-state index contributed by atoms with van der Waals surface area (Å²) in [6.07, 6.45) is -0.441. The highest BCUT2D eigenvalue weighted by molar-refractivity contribution is 8.23. The molecule has 0 aromatic carbocycles. The summed E-state index contributed by atoms with van der Waals surface area (Å²) in [7, 11) is 0. The Morgan fingerprint density at radius 2 is 1.67 bits per heavy atom. The SMILES string of the molecule is CC(C)(C)OC(=O)N[C@@H](CCC(=O)N1CCSC1=S)C(=O)N1CCSC1=S. The van der Waals surface area contributed by atoms with Crippen molar-refractivity contribution in [1.29, 1.82) is 0 Å². The van der Waals surface area contributed by atoms with Crippen molar-refractivity contribution in [3.63, 3.8) is 0 Å². The van der Waals surface area contributed by atoms with Crippen LogP contribution < -0.4 is 5.32 Å². The van der Waals surface area contributed by atoms with Gasteiger partial charge in [-0.25, -0.2) is 4.79 Å². The molecule has 2 aliphatic heterocycles. The summed E-state index contributed by atoms with van der Waals surface area (Å²) < 4.78 is 6.29. The molecule has 150 valence electrons. The molecule has 11 heteroatoms. The highest BCUT2D eigenvalue weighted by Crippen LogP contribution is 2.22. The molecule has 0 aromatic rings. The number of nitrogens with zero attached hydrogens (tertiary/aromatic N) is 2. The number of amides is 3. The minimum atomic E-state index is -0.885. The van der Waals surface area contributed by atoms with Crippen LogP contribution >= 0.6 is 48.0 Å². The predicted molar refractivity (Wildman–Crippen MR) is 116 cm³/mol. The fourth-order valence-electron chi connectivity index (χ4n) is 2.51. The minimum Gasteiger partial charge on any atom is -0.444 e. The number of thioether (sulfide) groups is 2. The first kappa shape index (κ1) is 22.4. The van der Waals surface area contributed by atoms with E-state index in [0.29, 0.717) is 21.7 Å². The second kappa shape index (κ2) is 9.53. The molecule has 0 spiro atoms. The highest BCUT2D eigenvalue weighted by Gasteiger charge is 2.33. The van der Waals surface area contributed by atoms with Gasteiger partial charge in [-0.15, -0.1) is 0 Å². The monoisotopic (exact) mass is 449 g/mol. The van der Waals surface area contributed by atoms with E-state index in [1.807, 2.05) is 0 Å². The van der Waals surface area contributed by atoms with Crippen LogP contribution in [0.4, 0.5) is 4.79 Å². The molecule has 0 bridgehead atoms. The summed E-state index contributed by atoms with van der Waals surface area (Å²) in [6.45, 7) is 6.30. The lowest BCUT2D eigenvalue weighted by atomic mass is 10.1. The van der Waals surface area contributed by atoms with Gasteiger partial charge in [0.2, 0.25) is 5.91 Å². The van der Waals surface area contributed by atoms with E-state index in [9.17, 15) is 14.4 Å². The van der Waals surface area contributed by atoms with Gasteiger partial charge in [-0.1, -0.05) is 48.0 Å². The Morgan fingerprint density at radius 1 is 1.11 bits per heavy atom. The second-order valence-corrected chi connectivity index (χ2v) is 10.5. The zero-order chi connectivity index (χ0) is 20.2. The summed E-state index contributed by atoms with van der Waals surface area (Å²) in [5, 5.41) is 2.60. The van der Waals surface area contributed by atoms with E-state index in [1.54, 1.807) is 25.7 Å². The van der Waals surface area contributed by atoms with E-state index in [4.69, 9.17) is 29.2 Å². The molecule has 2 fully saturated rings. The molecule has 3 amide bonds. The Balaban J connectivity index is 2.03. The van der Waals surface area contributed by atoms with Gasteiger partial charge < -0.3 is 10.1 Å². The fraction of sp³-hybridized carbons (Fsp3) is 0.688. The minimum absolute atomic E-state index is 0.0979. The van der Waals surface area contributed by atoms with Crippen LogP contribution in [0.3, 0.4) is 0 Å². The number of rotatable bonds is 5. The van der Waals surface area contributed by atoms with Gasteiger partial charge in [-0.3, -0.25) is 19.4 Å². The van der Waals surface area contributed by atoms with E-state index in [1.165, 1.54) is 28.4 Å². The average Bonchev–Trinajstić information content (AvgIpc) is 3.17. The zero-order valence-electron chi connectivity index (χ0n) is 15.5. The Labute approximate surface area is 178 Å². The Bertz CT molecular complexity index is 650. The highest BCUT2D eigenvalue weighted by atomic mass is 32.2. The van der Waals surface area contributed by atoms with E-state index >= 15 is 0 Å². The van der Waals surface area contributed by atoms with Gasteiger partial charge in [-0.05, 0) is 27.2 Å². The third kappa shape index (κ3) is 6.58. The maximum Gasteiger partial charge on any atom is 0.408 e. The second-order valence-electron chi connectivity index (χ2n) is 7.00. The number of hydrogen-bond donors (Lipinski definition) is 1. The molecule has 0 unspecified atom stereocenters. The molecule has 2 rings (SSSR count). The van der Waals surface area contributed by atoms with E-state index in [0.717, 1.165) is 11.5 Å². The number of hydrogen-bond acceptors (Lipinski definition) is 8. The van der Waals surface area contributed by atoms with E-state index in [-0.39, 0.29) is 24.7 Å². The molecular formula is C16H23N3O4S4. The van der Waals surface area contributed by atoms with Crippen molar-refractivity contribution in [3.8, 4) is 0 Å². The number of alkyl carbamates (subject to hydrolysis) is 1. The maximum atomic E-state index is 12.9. The van der Waals surface area contributed by atoms with Gasteiger partial charge >= 0.3 is 6.09 Å². The predicted octanol–water partition coefficient (Wildman–Crippen LogP) is 2.38. The van der Waals surface area contributed by atoms with Crippen molar-refractivity contribution in [2.24, 2.45) is 0 Å². The van der Waals surface area contributed by atoms with E-state index < -0.39 is 17.7 Å². The third-order valence-electron chi connectivity index (χ3n) is 3.72. The number of ether oxygens (including phenoxy) is 1. The topological polar surface area (TPSA) is 79.0 Å². The molecule has 2 heterocycles. The van der Waals surface area contributed by atoms with E-state index in [2.05, 4.69) is 5.32 Å². The first-order valence-electron chi connectivity index (χ1n) is 8.53. The number of nitrogens with one attached hydrogen (secondary N) is 1. The Hall–Kier alpha value is -0.910. The van der Waals surface area contributed by atoms with Crippen LogP contribution in [0.1, 0.15) is 33.6 Å². The molecule has 7 nitrogen and oxygen atoms in total. The lowest BCUT2D eigenvalue weighted by Crippen LogP contribution is -2.50. The summed E-state index contributed by atoms with van der Waals surface area (Å²) in [4.78, 5) is 40.4. The van der Waals surface area contributed by atoms with Gasteiger partial charge in [0.05, 0.1) is 0 Å². The molecule has 0 aliphatic carbocycles. The van der Waals surface area contributed by atoms with Crippen LogP contribution in [0, 0.1) is 0 Å². The summed E-state index contributed by atoms with van der Waals surface area (Å²) >= 11 is 13.3. The molecule has 1 N–H and O–H groups in total. The standard InChI is InChI=1S/C16H23N3O4S4/c1-16(2,3)23-13(22)17-10(12(21)19-7-9-27-15(19)25)4-5-11(20)18-6-8-26-14(18)24/h10H,4-9H2,1-3H3,(H,17,22)/t10-/m0/s1. The molecule has 27 heavy (non-hydrogen) atoms. The summed E-state index contributed by atoms with van der Waals surface area (Å²) in [5.74, 6) is 1.04. The zero-order valence-corrected chi connectivity index (χ0v) is 18.7. The lowest BCUT2D eigenvalue weighted by Gasteiger charge is -2.26. The summed E-state index contributed by atoms with van der Waals surface area (Å²) in [6, 6.07) is -0.885. The smallest absolute Gasteiger partial charge is 0.408 e. The molecule has 2 saturated heterocycles. The quantitative estimate of drug-likeness (QED) is 0.641. The molecule has 2 aliphatic rings. The lowest BCUT2D eigenvalue weighted by molar-refractivity contribution is -0.130. The van der Waals surface area contributed by atoms with Crippen LogP contribution in [-0.4, -0.2) is 72.6 Å². The van der Waals surface area contributed by atoms with Crippen LogP contribution in [-0.2, 0) is 14.3 Å². The third-order valence-corrected chi connectivity index (χ3v) is 6.58. The first-order valence-corrected chi connectivity index (χ1v) is 11.3. The van der Waals surface area contributed by atoms with Crippen molar-refractivity contribution in [3.05, 3.63) is 0 Å². The van der Waals surface area contributed by atoms with Crippen molar-refractivity contribution < 1.29 is 19.1 Å². The number of carbonyl (C=O) groups is 3. The molecule has 1 atom stereocenters. The maximum absolute atomic E-state index is 12.9. The largest absolute Gasteiger partial charge is 0.444 e. The number of carbonyl (C=O) groups excluding carboxylic acids is 3. The Morgan fingerprint density at radius 3 is 2.15 bits per heavy atom. The van der Waals surface area contributed by atoms with Gasteiger partial charge in [0.15, 0.2) is 0 Å².